The van der Waals surface area contributed by atoms with Crippen LogP contribution in [-0.2, 0) is 11.2 Å². The van der Waals surface area contributed by atoms with Crippen LogP contribution in [0.3, 0.4) is 0 Å². The van der Waals surface area contributed by atoms with E-state index in [4.69, 9.17) is 0 Å². The predicted molar refractivity (Wildman–Crippen MR) is 135 cm³/mol. The standard InChI is InChI=1S/C27H25N5OS/c1-18-13-14-24(19(2)15-18)32-25(16-21-9-5-4-6-10-21)30-31-27(32)34-20(3)26(33)29-23-12-8-7-11-22(23)17-28/h4-15,20H,16H2,1-3H3,(H,29,33)/t20-/m1/s1. The molecule has 1 N–H and O–H groups in total. The molecule has 0 radical (unpaired) electrons. The van der Waals surface area contributed by atoms with Crippen LogP contribution in [0.25, 0.3) is 5.69 Å². The number of thioether (sulfide) groups is 1. The lowest BCUT2D eigenvalue weighted by Crippen LogP contribution is -2.23. The number of aromatic nitrogens is 3. The number of carbonyl (C=O) groups is 1. The van der Waals surface area contributed by atoms with Crippen molar-refractivity contribution in [2.45, 2.75) is 37.6 Å². The Labute approximate surface area is 203 Å². The van der Waals surface area contributed by atoms with Gasteiger partial charge in [-0.2, -0.15) is 5.26 Å². The van der Waals surface area contributed by atoms with Gasteiger partial charge in [0.15, 0.2) is 5.16 Å². The summed E-state index contributed by atoms with van der Waals surface area (Å²) in [7, 11) is 0. The molecule has 170 valence electrons. The minimum Gasteiger partial charge on any atom is -0.324 e. The van der Waals surface area contributed by atoms with E-state index in [0.717, 1.165) is 22.6 Å². The molecule has 0 aliphatic carbocycles. The van der Waals surface area contributed by atoms with Gasteiger partial charge in [0.2, 0.25) is 5.91 Å². The van der Waals surface area contributed by atoms with Crippen LogP contribution in [0.2, 0.25) is 0 Å². The van der Waals surface area contributed by atoms with E-state index in [1.165, 1.54) is 17.3 Å². The van der Waals surface area contributed by atoms with E-state index in [-0.39, 0.29) is 5.91 Å². The van der Waals surface area contributed by atoms with Crippen molar-refractivity contribution in [3.05, 3.63) is 101 Å². The summed E-state index contributed by atoms with van der Waals surface area (Å²) in [4.78, 5) is 12.9. The molecule has 4 rings (SSSR count). The molecule has 1 amide bonds. The number of anilines is 1. The quantitative estimate of drug-likeness (QED) is 0.365. The minimum atomic E-state index is -0.454. The molecule has 1 atom stereocenters. The first-order valence-corrected chi connectivity index (χ1v) is 11.9. The van der Waals surface area contributed by atoms with Crippen molar-refractivity contribution in [2.24, 2.45) is 0 Å². The van der Waals surface area contributed by atoms with E-state index in [9.17, 15) is 10.1 Å². The van der Waals surface area contributed by atoms with Gasteiger partial charge in [-0.05, 0) is 50.1 Å². The van der Waals surface area contributed by atoms with Crippen LogP contribution in [0.1, 0.15) is 35.0 Å². The second-order valence-electron chi connectivity index (χ2n) is 8.09. The number of nitrogens with one attached hydrogen (secondary N) is 1. The Morgan fingerprint density at radius 3 is 2.53 bits per heavy atom. The average molecular weight is 468 g/mol. The third-order valence-electron chi connectivity index (χ3n) is 5.46. The lowest BCUT2D eigenvalue weighted by atomic mass is 10.1. The Morgan fingerprint density at radius 1 is 1.06 bits per heavy atom. The van der Waals surface area contributed by atoms with Crippen molar-refractivity contribution in [3.63, 3.8) is 0 Å². The molecule has 34 heavy (non-hydrogen) atoms. The molecule has 1 heterocycles. The molecule has 3 aromatic carbocycles. The molecule has 0 saturated carbocycles. The highest BCUT2D eigenvalue weighted by Gasteiger charge is 2.22. The lowest BCUT2D eigenvalue weighted by Gasteiger charge is -2.16. The Balaban J connectivity index is 1.64. The smallest absolute Gasteiger partial charge is 0.237 e. The number of carbonyl (C=O) groups excluding carboxylic acids is 1. The normalized spacial score (nSPS) is 11.6. The maximum Gasteiger partial charge on any atom is 0.237 e. The van der Waals surface area contributed by atoms with Crippen LogP contribution in [0.4, 0.5) is 5.69 Å². The van der Waals surface area contributed by atoms with Gasteiger partial charge in [-0.15, -0.1) is 10.2 Å². The predicted octanol–water partition coefficient (Wildman–Crippen LogP) is 5.47. The SMILES string of the molecule is Cc1ccc(-n2c(Cc3ccccc3)nnc2S[C@H](C)C(=O)Nc2ccccc2C#N)c(C)c1. The average Bonchev–Trinajstić information content (AvgIpc) is 3.21. The van der Waals surface area contributed by atoms with Crippen LogP contribution in [-0.4, -0.2) is 25.9 Å². The van der Waals surface area contributed by atoms with Crippen molar-refractivity contribution in [2.75, 3.05) is 5.32 Å². The van der Waals surface area contributed by atoms with Crippen LogP contribution < -0.4 is 5.32 Å². The fraction of sp³-hybridized carbons (Fsp3) is 0.185. The zero-order valence-electron chi connectivity index (χ0n) is 19.3. The molecule has 1 aromatic heterocycles. The van der Waals surface area contributed by atoms with Gasteiger partial charge in [0.1, 0.15) is 11.9 Å². The third-order valence-corrected chi connectivity index (χ3v) is 6.50. The lowest BCUT2D eigenvalue weighted by molar-refractivity contribution is -0.115. The molecule has 0 aliphatic heterocycles. The molecule has 0 saturated heterocycles. The van der Waals surface area contributed by atoms with Crippen LogP contribution in [0, 0.1) is 25.2 Å². The van der Waals surface area contributed by atoms with Gasteiger partial charge in [0.25, 0.3) is 0 Å². The number of benzene rings is 3. The van der Waals surface area contributed by atoms with E-state index in [1.54, 1.807) is 24.3 Å². The molecule has 0 spiro atoms. The summed E-state index contributed by atoms with van der Waals surface area (Å²) in [5.41, 5.74) is 5.34. The number of nitrogens with zero attached hydrogens (tertiary/aromatic N) is 4. The van der Waals surface area contributed by atoms with Gasteiger partial charge in [-0.25, -0.2) is 0 Å². The monoisotopic (exact) mass is 467 g/mol. The highest BCUT2D eigenvalue weighted by molar-refractivity contribution is 8.00. The first kappa shape index (κ1) is 23.3. The van der Waals surface area contributed by atoms with Gasteiger partial charge in [-0.1, -0.05) is 71.9 Å². The van der Waals surface area contributed by atoms with Crippen LogP contribution in [0.5, 0.6) is 0 Å². The van der Waals surface area contributed by atoms with Crippen molar-refractivity contribution < 1.29 is 4.79 Å². The molecule has 0 bridgehead atoms. The molecule has 0 aliphatic rings. The molecule has 0 unspecified atom stereocenters. The molecular formula is C27H25N5OS. The summed E-state index contributed by atoms with van der Waals surface area (Å²) < 4.78 is 2.04. The van der Waals surface area contributed by atoms with Crippen LogP contribution >= 0.6 is 11.8 Å². The maximum atomic E-state index is 12.9. The number of rotatable bonds is 7. The fourth-order valence-corrected chi connectivity index (χ4v) is 4.58. The van der Waals surface area contributed by atoms with E-state index in [2.05, 4.69) is 65.8 Å². The second-order valence-corrected chi connectivity index (χ2v) is 9.40. The zero-order chi connectivity index (χ0) is 24.1. The third kappa shape index (κ3) is 5.19. The van der Waals surface area contributed by atoms with Crippen molar-refractivity contribution in [1.29, 1.82) is 5.26 Å². The second kappa shape index (κ2) is 10.4. The molecule has 7 heteroatoms. The summed E-state index contributed by atoms with van der Waals surface area (Å²) in [6.07, 6.45) is 0.623. The number of amides is 1. The number of aryl methyl sites for hydroxylation is 2. The first-order chi connectivity index (χ1) is 16.5. The number of hydrogen-bond acceptors (Lipinski definition) is 5. The molecular weight excluding hydrogens is 442 g/mol. The Kier molecular flexibility index (Phi) is 7.09. The Morgan fingerprint density at radius 2 is 1.79 bits per heavy atom. The Hall–Kier alpha value is -3.89. The fourth-order valence-electron chi connectivity index (χ4n) is 3.70. The largest absolute Gasteiger partial charge is 0.324 e. The number of para-hydroxylation sites is 1. The van der Waals surface area contributed by atoms with Crippen molar-refractivity contribution in [3.8, 4) is 11.8 Å². The minimum absolute atomic E-state index is 0.201. The molecule has 4 aromatic rings. The molecule has 6 nitrogen and oxygen atoms in total. The van der Waals surface area contributed by atoms with Crippen molar-refractivity contribution in [1.82, 2.24) is 14.8 Å². The maximum absolute atomic E-state index is 12.9. The van der Waals surface area contributed by atoms with E-state index in [1.807, 2.05) is 29.7 Å². The number of hydrogen-bond donors (Lipinski definition) is 1. The summed E-state index contributed by atoms with van der Waals surface area (Å²) in [6, 6.07) is 25.5. The van der Waals surface area contributed by atoms with Gasteiger partial charge in [-0.3, -0.25) is 9.36 Å². The summed E-state index contributed by atoms with van der Waals surface area (Å²) >= 11 is 1.34. The van der Waals surface area contributed by atoms with Gasteiger partial charge in [0, 0.05) is 6.42 Å². The Bertz CT molecular complexity index is 1360. The topological polar surface area (TPSA) is 83.6 Å². The van der Waals surface area contributed by atoms with Gasteiger partial charge < -0.3 is 5.32 Å². The summed E-state index contributed by atoms with van der Waals surface area (Å²) in [5, 5.41) is 21.3. The van der Waals surface area contributed by atoms with E-state index < -0.39 is 5.25 Å². The highest BCUT2D eigenvalue weighted by Crippen LogP contribution is 2.29. The summed E-state index contributed by atoms with van der Waals surface area (Å²) in [6.45, 7) is 5.96. The van der Waals surface area contributed by atoms with Gasteiger partial charge >= 0.3 is 0 Å². The van der Waals surface area contributed by atoms with E-state index >= 15 is 0 Å². The zero-order valence-corrected chi connectivity index (χ0v) is 20.1. The number of nitriles is 1. The van der Waals surface area contributed by atoms with Gasteiger partial charge in [0.05, 0.1) is 22.2 Å². The highest BCUT2D eigenvalue weighted by atomic mass is 32.2. The van der Waals surface area contributed by atoms with Crippen LogP contribution in [0.15, 0.2) is 78.0 Å². The molecule has 0 fully saturated rings. The van der Waals surface area contributed by atoms with E-state index in [0.29, 0.717) is 22.8 Å². The summed E-state index contributed by atoms with van der Waals surface area (Å²) in [5.74, 6) is 0.607. The van der Waals surface area contributed by atoms with Crippen molar-refractivity contribution >= 4 is 23.4 Å². The first-order valence-electron chi connectivity index (χ1n) is 11.0.